The molecule has 31 heavy (non-hydrogen) atoms. The molecular formula is C25H24N2O4. The third kappa shape index (κ3) is 4.58. The molecule has 6 nitrogen and oxygen atoms in total. The predicted molar refractivity (Wildman–Crippen MR) is 118 cm³/mol. The fourth-order valence-corrected chi connectivity index (χ4v) is 3.95. The summed E-state index contributed by atoms with van der Waals surface area (Å²) in [5, 5.41) is 1.97. The molecule has 6 heteroatoms. The molecule has 3 aromatic rings. The molecule has 2 amide bonds. The van der Waals surface area contributed by atoms with Gasteiger partial charge in [-0.05, 0) is 41.5 Å². The van der Waals surface area contributed by atoms with Crippen LogP contribution >= 0.6 is 0 Å². The fourth-order valence-electron chi connectivity index (χ4n) is 3.95. The molecule has 0 aliphatic carbocycles. The van der Waals surface area contributed by atoms with Gasteiger partial charge in [0.1, 0.15) is 5.75 Å². The van der Waals surface area contributed by atoms with Gasteiger partial charge in [0, 0.05) is 44.2 Å². The average Bonchev–Trinajstić information content (AvgIpc) is 3.04. The topological polar surface area (TPSA) is 66.9 Å². The molecule has 0 bridgehead atoms. The van der Waals surface area contributed by atoms with Crippen molar-refractivity contribution in [2.24, 2.45) is 0 Å². The first kappa shape index (κ1) is 20.6. The summed E-state index contributed by atoms with van der Waals surface area (Å²) in [4.78, 5) is 41.0. The zero-order valence-electron chi connectivity index (χ0n) is 17.4. The minimum Gasteiger partial charge on any atom is -0.427 e. The van der Waals surface area contributed by atoms with E-state index in [1.807, 2.05) is 47.4 Å². The van der Waals surface area contributed by atoms with E-state index in [1.54, 1.807) is 29.2 Å². The molecule has 0 N–H and O–H groups in total. The van der Waals surface area contributed by atoms with E-state index in [1.165, 1.54) is 6.92 Å². The first-order valence-corrected chi connectivity index (χ1v) is 10.4. The first-order valence-electron chi connectivity index (χ1n) is 10.4. The maximum Gasteiger partial charge on any atom is 0.308 e. The molecular weight excluding hydrogens is 392 g/mol. The quantitative estimate of drug-likeness (QED) is 0.482. The summed E-state index contributed by atoms with van der Waals surface area (Å²) in [6, 6.07) is 20.2. The maximum absolute atomic E-state index is 13.2. The predicted octanol–water partition coefficient (Wildman–Crippen LogP) is 3.75. The monoisotopic (exact) mass is 416 g/mol. The van der Waals surface area contributed by atoms with Crippen LogP contribution in [0, 0.1) is 0 Å². The highest BCUT2D eigenvalue weighted by Gasteiger charge is 2.24. The van der Waals surface area contributed by atoms with Crippen LogP contribution in [0.25, 0.3) is 10.8 Å². The van der Waals surface area contributed by atoms with Gasteiger partial charge >= 0.3 is 5.97 Å². The molecule has 0 atom stereocenters. The Morgan fingerprint density at radius 2 is 1.45 bits per heavy atom. The van der Waals surface area contributed by atoms with Crippen LogP contribution in [0.4, 0.5) is 0 Å². The van der Waals surface area contributed by atoms with E-state index in [0.717, 1.165) is 10.8 Å². The van der Waals surface area contributed by atoms with Crippen molar-refractivity contribution in [2.45, 2.75) is 13.3 Å². The van der Waals surface area contributed by atoms with Crippen LogP contribution in [0.5, 0.6) is 5.75 Å². The molecule has 158 valence electrons. The van der Waals surface area contributed by atoms with E-state index in [2.05, 4.69) is 0 Å². The van der Waals surface area contributed by atoms with Crippen molar-refractivity contribution in [1.82, 2.24) is 9.80 Å². The van der Waals surface area contributed by atoms with Crippen LogP contribution in [0.3, 0.4) is 0 Å². The van der Waals surface area contributed by atoms with Crippen molar-refractivity contribution in [3.05, 3.63) is 77.9 Å². The summed E-state index contributed by atoms with van der Waals surface area (Å²) in [7, 11) is 0. The number of hydrogen-bond acceptors (Lipinski definition) is 4. The van der Waals surface area contributed by atoms with Crippen LogP contribution in [0.1, 0.15) is 34.1 Å². The Labute approximate surface area is 181 Å². The summed E-state index contributed by atoms with van der Waals surface area (Å²) < 4.78 is 5.09. The van der Waals surface area contributed by atoms with Crippen LogP contribution < -0.4 is 4.74 Å². The number of carbonyl (C=O) groups is 3. The summed E-state index contributed by atoms with van der Waals surface area (Å²) in [5.41, 5.74) is 1.15. The third-order valence-electron chi connectivity index (χ3n) is 5.43. The number of hydrogen-bond donors (Lipinski definition) is 0. The van der Waals surface area contributed by atoms with Gasteiger partial charge < -0.3 is 14.5 Å². The van der Waals surface area contributed by atoms with Crippen LogP contribution in [-0.2, 0) is 4.79 Å². The molecule has 1 fully saturated rings. The number of fused-ring (bicyclic) bond motifs is 1. The second kappa shape index (κ2) is 9.00. The Hall–Kier alpha value is -3.67. The van der Waals surface area contributed by atoms with E-state index in [9.17, 15) is 14.4 Å². The molecule has 0 aromatic heterocycles. The Morgan fingerprint density at radius 3 is 2.23 bits per heavy atom. The van der Waals surface area contributed by atoms with Crippen molar-refractivity contribution < 1.29 is 19.1 Å². The van der Waals surface area contributed by atoms with E-state index < -0.39 is 5.97 Å². The molecule has 0 unspecified atom stereocenters. The van der Waals surface area contributed by atoms with Gasteiger partial charge in [-0.3, -0.25) is 14.4 Å². The molecule has 0 spiro atoms. The summed E-state index contributed by atoms with van der Waals surface area (Å²) in [5.74, 6) is -0.223. The standard InChI is InChI=1S/C25H24N2O4/c1-18(28)31-21-10-4-9-20(17-21)24(29)26-13-6-14-27(16-15-26)25(30)23-12-5-8-19-7-2-3-11-22(19)23/h2-5,7-12,17H,6,13-16H2,1H3. The van der Waals surface area contributed by atoms with Gasteiger partial charge in [0.2, 0.25) is 0 Å². The van der Waals surface area contributed by atoms with Crippen LogP contribution in [0.2, 0.25) is 0 Å². The highest BCUT2D eigenvalue weighted by molar-refractivity contribution is 6.07. The van der Waals surface area contributed by atoms with Crippen molar-refractivity contribution >= 4 is 28.6 Å². The molecule has 3 aromatic carbocycles. The minimum absolute atomic E-state index is 0.0112. The van der Waals surface area contributed by atoms with Gasteiger partial charge in [-0.15, -0.1) is 0 Å². The third-order valence-corrected chi connectivity index (χ3v) is 5.43. The van der Waals surface area contributed by atoms with Gasteiger partial charge in [0.15, 0.2) is 0 Å². The van der Waals surface area contributed by atoms with Crippen LogP contribution in [-0.4, -0.2) is 53.8 Å². The highest BCUT2D eigenvalue weighted by Crippen LogP contribution is 2.21. The van der Waals surface area contributed by atoms with Gasteiger partial charge in [-0.25, -0.2) is 0 Å². The van der Waals surface area contributed by atoms with E-state index in [0.29, 0.717) is 49.5 Å². The lowest BCUT2D eigenvalue weighted by atomic mass is 10.0. The lowest BCUT2D eigenvalue weighted by Crippen LogP contribution is -2.37. The Morgan fingerprint density at radius 1 is 0.774 bits per heavy atom. The normalized spacial score (nSPS) is 14.2. The Balaban J connectivity index is 1.48. The van der Waals surface area contributed by atoms with Gasteiger partial charge in [-0.2, -0.15) is 0 Å². The zero-order valence-corrected chi connectivity index (χ0v) is 17.4. The summed E-state index contributed by atoms with van der Waals surface area (Å²) >= 11 is 0. The number of amides is 2. The second-order valence-electron chi connectivity index (χ2n) is 7.59. The van der Waals surface area contributed by atoms with E-state index in [4.69, 9.17) is 4.74 Å². The van der Waals surface area contributed by atoms with Gasteiger partial charge in [0.25, 0.3) is 11.8 Å². The largest absolute Gasteiger partial charge is 0.427 e. The lowest BCUT2D eigenvalue weighted by Gasteiger charge is -2.23. The number of rotatable bonds is 3. The van der Waals surface area contributed by atoms with Crippen LogP contribution in [0.15, 0.2) is 66.7 Å². The Kier molecular flexibility index (Phi) is 5.98. The lowest BCUT2D eigenvalue weighted by molar-refractivity contribution is -0.131. The molecule has 1 saturated heterocycles. The zero-order chi connectivity index (χ0) is 21.8. The SMILES string of the molecule is CC(=O)Oc1cccc(C(=O)N2CCCN(C(=O)c3cccc4ccccc34)CC2)c1. The first-order chi connectivity index (χ1) is 15.0. The number of benzene rings is 3. The molecule has 1 heterocycles. The maximum atomic E-state index is 13.2. The van der Waals surface area contributed by atoms with Crippen molar-refractivity contribution in [2.75, 3.05) is 26.2 Å². The number of ether oxygens (including phenoxy) is 1. The summed E-state index contributed by atoms with van der Waals surface area (Å²) in [6.45, 7) is 3.41. The summed E-state index contributed by atoms with van der Waals surface area (Å²) in [6.07, 6.45) is 0.700. The second-order valence-corrected chi connectivity index (χ2v) is 7.59. The molecule has 0 saturated carbocycles. The average molecular weight is 416 g/mol. The van der Waals surface area contributed by atoms with Crippen molar-refractivity contribution in [3.8, 4) is 5.75 Å². The van der Waals surface area contributed by atoms with E-state index >= 15 is 0 Å². The van der Waals surface area contributed by atoms with Gasteiger partial charge in [0.05, 0.1) is 0 Å². The van der Waals surface area contributed by atoms with Crippen molar-refractivity contribution in [3.63, 3.8) is 0 Å². The number of esters is 1. The van der Waals surface area contributed by atoms with Gasteiger partial charge in [-0.1, -0.05) is 42.5 Å². The van der Waals surface area contributed by atoms with Crippen molar-refractivity contribution in [1.29, 1.82) is 0 Å². The number of nitrogens with zero attached hydrogens (tertiary/aromatic N) is 2. The highest BCUT2D eigenvalue weighted by atomic mass is 16.5. The molecule has 1 aliphatic heterocycles. The molecule has 4 rings (SSSR count). The fraction of sp³-hybridized carbons (Fsp3) is 0.240. The Bertz CT molecular complexity index is 1140. The number of carbonyl (C=O) groups excluding carboxylic acids is 3. The minimum atomic E-state index is -0.429. The molecule has 1 aliphatic rings. The van der Waals surface area contributed by atoms with E-state index in [-0.39, 0.29) is 11.8 Å². The molecule has 0 radical (unpaired) electrons. The smallest absolute Gasteiger partial charge is 0.308 e.